The van der Waals surface area contributed by atoms with Gasteiger partial charge in [-0.1, -0.05) is 106 Å². The van der Waals surface area contributed by atoms with Gasteiger partial charge in [0.2, 0.25) is 0 Å². The molecule has 0 saturated carbocycles. The SMILES string of the molecule is C=C(C)N.C=C(N)c1c(C)cccc1-c1ccccc1.CC(C)CCc1ccccc1. The van der Waals surface area contributed by atoms with Crippen molar-refractivity contribution in [2.45, 2.75) is 40.5 Å². The molecule has 3 aromatic carbocycles. The van der Waals surface area contributed by atoms with Gasteiger partial charge in [-0.3, -0.25) is 0 Å². The van der Waals surface area contributed by atoms with Crippen molar-refractivity contribution in [2.24, 2.45) is 17.4 Å². The Morgan fingerprint density at radius 1 is 0.806 bits per heavy atom. The van der Waals surface area contributed by atoms with Crippen LogP contribution in [0.2, 0.25) is 0 Å². The fourth-order valence-corrected chi connectivity index (χ4v) is 3.05. The third-order valence-corrected chi connectivity index (χ3v) is 4.53. The lowest BCUT2D eigenvalue weighted by Crippen LogP contribution is -1.99. The van der Waals surface area contributed by atoms with E-state index in [1.165, 1.54) is 24.0 Å². The lowest BCUT2D eigenvalue weighted by molar-refractivity contribution is 0.587. The van der Waals surface area contributed by atoms with E-state index in [9.17, 15) is 0 Å². The molecular formula is C29H38N2. The van der Waals surface area contributed by atoms with Crippen molar-refractivity contribution in [3.8, 4) is 11.1 Å². The fourth-order valence-electron chi connectivity index (χ4n) is 3.05. The van der Waals surface area contributed by atoms with E-state index in [0.29, 0.717) is 11.4 Å². The maximum atomic E-state index is 5.86. The number of nitrogens with two attached hydrogens (primary N) is 2. The van der Waals surface area contributed by atoms with E-state index >= 15 is 0 Å². The molecule has 0 fully saturated rings. The topological polar surface area (TPSA) is 52.0 Å². The minimum atomic E-state index is 0.622. The summed E-state index contributed by atoms with van der Waals surface area (Å²) >= 11 is 0. The molecule has 0 bridgehead atoms. The first-order valence-corrected chi connectivity index (χ1v) is 10.8. The van der Waals surface area contributed by atoms with E-state index in [1.807, 2.05) is 24.3 Å². The highest BCUT2D eigenvalue weighted by molar-refractivity contribution is 5.81. The lowest BCUT2D eigenvalue weighted by atomic mass is 9.94. The molecular weight excluding hydrogens is 376 g/mol. The van der Waals surface area contributed by atoms with E-state index < -0.39 is 0 Å². The Morgan fingerprint density at radius 3 is 1.81 bits per heavy atom. The summed E-state index contributed by atoms with van der Waals surface area (Å²) in [6.45, 7) is 15.5. The van der Waals surface area contributed by atoms with Crippen molar-refractivity contribution in [2.75, 3.05) is 0 Å². The van der Waals surface area contributed by atoms with Crippen LogP contribution in [0, 0.1) is 12.8 Å². The van der Waals surface area contributed by atoms with Gasteiger partial charge in [0.15, 0.2) is 0 Å². The van der Waals surface area contributed by atoms with Crippen molar-refractivity contribution in [3.63, 3.8) is 0 Å². The summed E-state index contributed by atoms with van der Waals surface area (Å²) in [6.07, 6.45) is 2.52. The molecule has 0 saturated heterocycles. The Balaban J connectivity index is 0.000000278. The third-order valence-electron chi connectivity index (χ3n) is 4.53. The summed E-state index contributed by atoms with van der Waals surface area (Å²) in [5, 5.41) is 0. The highest BCUT2D eigenvalue weighted by Gasteiger charge is 2.08. The highest BCUT2D eigenvalue weighted by atomic mass is 14.6. The first-order valence-electron chi connectivity index (χ1n) is 10.8. The highest BCUT2D eigenvalue weighted by Crippen LogP contribution is 2.28. The van der Waals surface area contributed by atoms with Crippen LogP contribution in [0.15, 0.2) is 97.7 Å². The van der Waals surface area contributed by atoms with Crippen molar-refractivity contribution < 1.29 is 0 Å². The average Bonchev–Trinajstić information content (AvgIpc) is 2.73. The van der Waals surface area contributed by atoms with Gasteiger partial charge in [-0.15, -0.1) is 0 Å². The molecule has 0 aliphatic carbocycles. The molecule has 0 radical (unpaired) electrons. The van der Waals surface area contributed by atoms with Crippen molar-refractivity contribution in [1.82, 2.24) is 0 Å². The monoisotopic (exact) mass is 414 g/mol. The van der Waals surface area contributed by atoms with Crippen LogP contribution >= 0.6 is 0 Å². The molecule has 0 aliphatic heterocycles. The van der Waals surface area contributed by atoms with Gasteiger partial charge in [-0.25, -0.2) is 0 Å². The normalized spacial score (nSPS) is 9.71. The average molecular weight is 415 g/mol. The van der Waals surface area contributed by atoms with Gasteiger partial charge in [0.05, 0.1) is 0 Å². The van der Waals surface area contributed by atoms with E-state index in [0.717, 1.165) is 22.6 Å². The van der Waals surface area contributed by atoms with Gasteiger partial charge in [0, 0.05) is 11.3 Å². The number of allylic oxidation sites excluding steroid dienone is 1. The number of rotatable bonds is 5. The van der Waals surface area contributed by atoms with Crippen molar-refractivity contribution >= 4 is 5.70 Å². The number of benzene rings is 3. The molecule has 0 heterocycles. The standard InChI is InChI=1S/C15H15N.C11H16.C3H7N/c1-11-7-6-10-14(15(11)12(2)16)13-8-4-3-5-9-13;1-10(2)8-9-11-6-4-3-5-7-11;1-3(2)4/h3-10H,2,16H2,1H3;3-7,10H,8-9H2,1-2H3;1,4H2,2H3. The molecule has 3 aromatic rings. The van der Waals surface area contributed by atoms with Gasteiger partial charge in [0.1, 0.15) is 0 Å². The van der Waals surface area contributed by atoms with E-state index in [4.69, 9.17) is 11.5 Å². The summed E-state index contributed by atoms with van der Waals surface area (Å²) in [4.78, 5) is 0. The molecule has 0 aromatic heterocycles. The molecule has 31 heavy (non-hydrogen) atoms. The molecule has 0 amide bonds. The molecule has 3 rings (SSSR count). The maximum Gasteiger partial charge on any atom is 0.0323 e. The molecule has 4 N–H and O–H groups in total. The van der Waals surface area contributed by atoms with Gasteiger partial charge in [0.25, 0.3) is 0 Å². The summed E-state index contributed by atoms with van der Waals surface area (Å²) in [5.74, 6) is 0.815. The fraction of sp³-hybridized carbons (Fsp3) is 0.241. The van der Waals surface area contributed by atoms with E-state index in [1.54, 1.807) is 6.92 Å². The molecule has 2 nitrogen and oxygen atoms in total. The third kappa shape index (κ3) is 10.4. The summed E-state index contributed by atoms with van der Waals surface area (Å²) in [5.41, 5.74) is 18.1. The van der Waals surface area contributed by atoms with Crippen LogP contribution in [-0.2, 0) is 6.42 Å². The Bertz CT molecular complexity index is 921. The molecule has 0 spiro atoms. The Labute approximate surface area is 189 Å². The van der Waals surface area contributed by atoms with Gasteiger partial charge in [-0.05, 0) is 60.6 Å². The zero-order chi connectivity index (χ0) is 23.2. The Morgan fingerprint density at radius 2 is 1.32 bits per heavy atom. The maximum absolute atomic E-state index is 5.86. The smallest absolute Gasteiger partial charge is 0.0323 e. The van der Waals surface area contributed by atoms with Gasteiger partial charge >= 0.3 is 0 Å². The largest absolute Gasteiger partial charge is 0.403 e. The predicted octanol–water partition coefficient (Wildman–Crippen LogP) is 7.35. The molecule has 2 heteroatoms. The second-order valence-electron chi connectivity index (χ2n) is 8.15. The van der Waals surface area contributed by atoms with E-state index in [2.05, 4.69) is 88.5 Å². The zero-order valence-electron chi connectivity index (χ0n) is 19.6. The number of hydrogen-bond acceptors (Lipinski definition) is 2. The lowest BCUT2D eigenvalue weighted by Gasteiger charge is -2.12. The van der Waals surface area contributed by atoms with Crippen molar-refractivity contribution in [3.05, 3.63) is 114 Å². The van der Waals surface area contributed by atoms with Crippen LogP contribution in [0.5, 0.6) is 0 Å². The van der Waals surface area contributed by atoms with Crippen LogP contribution in [0.3, 0.4) is 0 Å². The van der Waals surface area contributed by atoms with Crippen LogP contribution in [0.4, 0.5) is 0 Å². The van der Waals surface area contributed by atoms with Gasteiger partial charge < -0.3 is 11.5 Å². The Kier molecular flexibility index (Phi) is 11.5. The minimum Gasteiger partial charge on any atom is -0.403 e. The van der Waals surface area contributed by atoms with E-state index in [-0.39, 0.29) is 0 Å². The minimum absolute atomic E-state index is 0.622. The summed E-state index contributed by atoms with van der Waals surface area (Å²) < 4.78 is 0. The summed E-state index contributed by atoms with van der Waals surface area (Å²) in [6, 6.07) is 27.1. The molecule has 0 aliphatic rings. The first kappa shape index (κ1) is 25.8. The van der Waals surface area contributed by atoms with Gasteiger partial charge in [-0.2, -0.15) is 0 Å². The van der Waals surface area contributed by atoms with Crippen LogP contribution in [0.25, 0.3) is 16.8 Å². The molecule has 0 unspecified atom stereocenters. The quantitative estimate of drug-likeness (QED) is 0.458. The first-order chi connectivity index (χ1) is 14.7. The van der Waals surface area contributed by atoms with Crippen LogP contribution < -0.4 is 11.5 Å². The number of aryl methyl sites for hydroxylation is 2. The predicted molar refractivity (Wildman–Crippen MR) is 138 cm³/mol. The molecule has 164 valence electrons. The number of hydrogen-bond donors (Lipinski definition) is 2. The van der Waals surface area contributed by atoms with Crippen LogP contribution in [-0.4, -0.2) is 0 Å². The zero-order valence-corrected chi connectivity index (χ0v) is 19.6. The second kappa shape index (κ2) is 13.9. The Hall–Kier alpha value is -3.26. The van der Waals surface area contributed by atoms with Crippen molar-refractivity contribution in [1.29, 1.82) is 0 Å². The second-order valence-corrected chi connectivity index (χ2v) is 8.15. The van der Waals surface area contributed by atoms with Crippen LogP contribution in [0.1, 0.15) is 43.9 Å². The molecule has 0 atom stereocenters. The summed E-state index contributed by atoms with van der Waals surface area (Å²) in [7, 11) is 0.